The Labute approximate surface area is 191 Å². The van der Waals surface area contributed by atoms with Crippen LogP contribution in [0.5, 0.6) is 17.2 Å². The van der Waals surface area contributed by atoms with Crippen LogP contribution < -0.4 is 19.5 Å². The van der Waals surface area contributed by atoms with Crippen molar-refractivity contribution in [3.05, 3.63) is 64.2 Å². The van der Waals surface area contributed by atoms with Crippen LogP contribution in [-0.4, -0.2) is 43.7 Å². The lowest BCUT2D eigenvalue weighted by Crippen LogP contribution is -2.30. The van der Waals surface area contributed by atoms with Crippen LogP contribution in [-0.2, 0) is 30.7 Å². The summed E-state index contributed by atoms with van der Waals surface area (Å²) in [5.74, 6) is 2.04. The van der Waals surface area contributed by atoms with E-state index < -0.39 is 0 Å². The molecule has 2 aromatic carbocycles. The number of carbonyl (C=O) groups is 1. The van der Waals surface area contributed by atoms with E-state index in [1.165, 1.54) is 22.5 Å². The molecule has 1 aliphatic rings. The zero-order chi connectivity index (χ0) is 22.5. The number of anilines is 1. The molecule has 168 valence electrons. The second-order valence-corrected chi connectivity index (χ2v) is 8.51. The molecule has 0 radical (unpaired) electrons. The molecular formula is C24H27N3O4S. The number of methoxy groups -OCH3 is 3. The third-order valence-corrected chi connectivity index (χ3v) is 6.31. The Morgan fingerprint density at radius 3 is 2.69 bits per heavy atom. The quantitative estimate of drug-likeness (QED) is 0.558. The maximum Gasteiger partial charge on any atom is 0.230 e. The Morgan fingerprint density at radius 2 is 1.91 bits per heavy atom. The second kappa shape index (κ2) is 10.0. The minimum absolute atomic E-state index is 0.112. The molecule has 0 atom stereocenters. The van der Waals surface area contributed by atoms with Gasteiger partial charge in [0.15, 0.2) is 16.6 Å². The van der Waals surface area contributed by atoms with E-state index in [1.807, 2.05) is 23.6 Å². The van der Waals surface area contributed by atoms with E-state index in [1.54, 1.807) is 27.4 Å². The van der Waals surface area contributed by atoms with Gasteiger partial charge in [-0.05, 0) is 47.4 Å². The second-order valence-electron chi connectivity index (χ2n) is 7.65. The van der Waals surface area contributed by atoms with Crippen molar-refractivity contribution < 1.29 is 19.0 Å². The molecule has 7 nitrogen and oxygen atoms in total. The third kappa shape index (κ3) is 5.20. The van der Waals surface area contributed by atoms with Crippen LogP contribution in [0.25, 0.3) is 0 Å². The molecule has 0 aliphatic carbocycles. The molecule has 1 amide bonds. The van der Waals surface area contributed by atoms with Gasteiger partial charge in [-0.1, -0.05) is 12.1 Å². The summed E-state index contributed by atoms with van der Waals surface area (Å²) in [7, 11) is 4.87. The summed E-state index contributed by atoms with van der Waals surface area (Å²) >= 11 is 1.45. The normalized spacial score (nSPS) is 13.3. The van der Waals surface area contributed by atoms with Gasteiger partial charge in [-0.3, -0.25) is 9.69 Å². The van der Waals surface area contributed by atoms with Gasteiger partial charge >= 0.3 is 0 Å². The van der Waals surface area contributed by atoms with Crippen LogP contribution in [0.2, 0.25) is 0 Å². The van der Waals surface area contributed by atoms with Crippen LogP contribution in [0, 0.1) is 0 Å². The molecule has 4 rings (SSSR count). The standard InChI is InChI=1S/C24H27N3O4S/c1-29-20-6-5-18-13-27(9-8-17(18)12-20)14-19-15-32-24(25-19)26-23(28)11-16-4-7-21(30-2)22(10-16)31-3/h4-7,10,12,15H,8-9,11,13-14H2,1-3H3,(H,25,26,28). The Balaban J connectivity index is 1.32. The van der Waals surface area contributed by atoms with E-state index in [9.17, 15) is 4.79 Å². The molecule has 8 heteroatoms. The first-order valence-corrected chi connectivity index (χ1v) is 11.3. The third-order valence-electron chi connectivity index (χ3n) is 5.50. The van der Waals surface area contributed by atoms with Gasteiger partial charge in [0, 0.05) is 25.0 Å². The van der Waals surface area contributed by atoms with E-state index in [0.29, 0.717) is 16.6 Å². The van der Waals surface area contributed by atoms with Crippen molar-refractivity contribution in [3.8, 4) is 17.2 Å². The summed E-state index contributed by atoms with van der Waals surface area (Å²) in [6.07, 6.45) is 1.23. The number of hydrogen-bond donors (Lipinski definition) is 1. The molecular weight excluding hydrogens is 426 g/mol. The number of benzene rings is 2. The van der Waals surface area contributed by atoms with Crippen molar-refractivity contribution in [2.24, 2.45) is 0 Å². The fourth-order valence-corrected chi connectivity index (χ4v) is 4.57. The largest absolute Gasteiger partial charge is 0.497 e. The average molecular weight is 454 g/mol. The molecule has 0 saturated heterocycles. The van der Waals surface area contributed by atoms with Crippen molar-refractivity contribution in [2.75, 3.05) is 33.2 Å². The van der Waals surface area contributed by atoms with Gasteiger partial charge in [0.2, 0.25) is 5.91 Å². The van der Waals surface area contributed by atoms with Crippen molar-refractivity contribution in [1.29, 1.82) is 0 Å². The van der Waals surface area contributed by atoms with Gasteiger partial charge < -0.3 is 19.5 Å². The Hall–Kier alpha value is -3.10. The SMILES string of the molecule is COc1ccc2c(c1)CCN(Cc1csc(NC(=O)Cc3ccc(OC)c(OC)c3)n1)C2. The molecule has 0 fully saturated rings. The summed E-state index contributed by atoms with van der Waals surface area (Å²) in [6.45, 7) is 2.62. The first kappa shape index (κ1) is 22.1. The summed E-state index contributed by atoms with van der Waals surface area (Å²) in [5, 5.41) is 5.53. The Bertz CT molecular complexity index is 1100. The van der Waals surface area contributed by atoms with Crippen LogP contribution in [0.1, 0.15) is 22.4 Å². The minimum atomic E-state index is -0.112. The molecule has 1 aliphatic heterocycles. The Morgan fingerprint density at radius 1 is 1.06 bits per heavy atom. The van der Waals surface area contributed by atoms with Crippen LogP contribution in [0.15, 0.2) is 41.8 Å². The minimum Gasteiger partial charge on any atom is -0.497 e. The number of rotatable bonds is 8. The maximum absolute atomic E-state index is 12.5. The van der Waals surface area contributed by atoms with Crippen LogP contribution >= 0.6 is 11.3 Å². The number of thiazole rings is 1. The average Bonchev–Trinajstić information content (AvgIpc) is 3.24. The van der Waals surface area contributed by atoms with E-state index in [2.05, 4.69) is 27.3 Å². The number of aromatic nitrogens is 1. The monoisotopic (exact) mass is 453 g/mol. The fraction of sp³-hybridized carbons (Fsp3) is 0.333. The van der Waals surface area contributed by atoms with Gasteiger partial charge in [0.05, 0.1) is 33.4 Å². The lowest BCUT2D eigenvalue weighted by molar-refractivity contribution is -0.115. The van der Waals surface area contributed by atoms with Gasteiger partial charge in [0.1, 0.15) is 5.75 Å². The number of amides is 1. The molecule has 1 aromatic heterocycles. The maximum atomic E-state index is 12.5. The molecule has 0 bridgehead atoms. The van der Waals surface area contributed by atoms with E-state index >= 15 is 0 Å². The van der Waals surface area contributed by atoms with E-state index in [0.717, 1.165) is 43.1 Å². The number of fused-ring (bicyclic) bond motifs is 1. The van der Waals surface area contributed by atoms with Crippen molar-refractivity contribution in [2.45, 2.75) is 25.9 Å². The van der Waals surface area contributed by atoms with E-state index in [4.69, 9.17) is 14.2 Å². The van der Waals surface area contributed by atoms with Crippen LogP contribution in [0.4, 0.5) is 5.13 Å². The highest BCUT2D eigenvalue weighted by molar-refractivity contribution is 7.13. The Kier molecular flexibility index (Phi) is 6.92. The van der Waals surface area contributed by atoms with Gasteiger partial charge in [-0.2, -0.15) is 0 Å². The topological polar surface area (TPSA) is 72.9 Å². The molecule has 1 N–H and O–H groups in total. The molecule has 0 saturated carbocycles. The summed E-state index contributed by atoms with van der Waals surface area (Å²) in [4.78, 5) is 19.5. The first-order valence-electron chi connectivity index (χ1n) is 10.4. The van der Waals surface area contributed by atoms with Crippen molar-refractivity contribution >= 4 is 22.4 Å². The van der Waals surface area contributed by atoms with Crippen LogP contribution in [0.3, 0.4) is 0 Å². The highest BCUT2D eigenvalue weighted by Gasteiger charge is 2.18. The number of ether oxygens (including phenoxy) is 3. The summed E-state index contributed by atoms with van der Waals surface area (Å²) in [6, 6.07) is 11.8. The molecule has 0 spiro atoms. The molecule has 32 heavy (non-hydrogen) atoms. The zero-order valence-electron chi connectivity index (χ0n) is 18.5. The lowest BCUT2D eigenvalue weighted by Gasteiger charge is -2.28. The van der Waals surface area contributed by atoms with E-state index in [-0.39, 0.29) is 12.3 Å². The summed E-state index contributed by atoms with van der Waals surface area (Å²) < 4.78 is 15.9. The first-order chi connectivity index (χ1) is 15.6. The number of nitrogens with zero attached hydrogens (tertiary/aromatic N) is 2. The van der Waals surface area contributed by atoms with Gasteiger partial charge in [-0.15, -0.1) is 11.3 Å². The molecule has 0 unspecified atom stereocenters. The lowest BCUT2D eigenvalue weighted by atomic mass is 9.99. The smallest absolute Gasteiger partial charge is 0.230 e. The predicted octanol–water partition coefficient (Wildman–Crippen LogP) is 3.91. The summed E-state index contributed by atoms with van der Waals surface area (Å²) in [5.41, 5.74) is 4.49. The van der Waals surface area contributed by atoms with Crippen molar-refractivity contribution in [1.82, 2.24) is 9.88 Å². The van der Waals surface area contributed by atoms with Gasteiger partial charge in [0.25, 0.3) is 0 Å². The van der Waals surface area contributed by atoms with Gasteiger partial charge in [-0.25, -0.2) is 4.98 Å². The highest BCUT2D eigenvalue weighted by atomic mass is 32.1. The fourth-order valence-electron chi connectivity index (χ4n) is 3.86. The molecule has 3 aromatic rings. The highest BCUT2D eigenvalue weighted by Crippen LogP contribution is 2.28. The molecule has 2 heterocycles. The predicted molar refractivity (Wildman–Crippen MR) is 125 cm³/mol. The zero-order valence-corrected chi connectivity index (χ0v) is 19.3. The van der Waals surface area contributed by atoms with Crippen molar-refractivity contribution in [3.63, 3.8) is 0 Å². The number of nitrogens with one attached hydrogen (secondary N) is 1. The number of hydrogen-bond acceptors (Lipinski definition) is 7. The number of carbonyl (C=O) groups excluding carboxylic acids is 1.